The highest BCUT2D eigenvalue weighted by molar-refractivity contribution is 7.20. The van der Waals surface area contributed by atoms with Gasteiger partial charge in [0, 0.05) is 31.9 Å². The number of carbonyl (C=O) groups is 2. The zero-order valence-corrected chi connectivity index (χ0v) is 20.5. The monoisotopic (exact) mass is 483 g/mol. The summed E-state index contributed by atoms with van der Waals surface area (Å²) >= 11 is 1.18. The van der Waals surface area contributed by atoms with Crippen molar-refractivity contribution in [3.05, 3.63) is 56.4 Å². The zero-order valence-electron chi connectivity index (χ0n) is 19.6. The molecule has 2 aromatic heterocycles. The van der Waals surface area contributed by atoms with Crippen molar-refractivity contribution < 1.29 is 14.3 Å². The fourth-order valence-corrected chi connectivity index (χ4v) is 5.33. The van der Waals surface area contributed by atoms with E-state index in [-0.39, 0.29) is 11.5 Å². The number of aromatic nitrogens is 2. The second kappa shape index (κ2) is 10.5. The molecular formula is C24H29N5O4S. The van der Waals surface area contributed by atoms with E-state index in [2.05, 4.69) is 32.0 Å². The summed E-state index contributed by atoms with van der Waals surface area (Å²) < 4.78 is 4.81. The van der Waals surface area contributed by atoms with Gasteiger partial charge >= 0.3 is 5.97 Å². The number of benzene rings is 1. The molecular weight excluding hydrogens is 454 g/mol. The molecule has 1 saturated heterocycles. The summed E-state index contributed by atoms with van der Waals surface area (Å²) in [7, 11) is 1.32. The number of hydrogen-bond donors (Lipinski definition) is 2. The van der Waals surface area contributed by atoms with Crippen molar-refractivity contribution >= 4 is 39.1 Å². The summed E-state index contributed by atoms with van der Waals surface area (Å²) in [4.78, 5) is 49.9. The van der Waals surface area contributed by atoms with Gasteiger partial charge in [-0.1, -0.05) is 25.1 Å². The topological polar surface area (TPSA) is 108 Å². The number of carbonyl (C=O) groups excluding carboxylic acids is 2. The van der Waals surface area contributed by atoms with Gasteiger partial charge in [0.05, 0.1) is 25.6 Å². The molecule has 180 valence electrons. The number of aromatic amines is 1. The van der Waals surface area contributed by atoms with E-state index in [0.717, 1.165) is 43.9 Å². The molecule has 0 saturated carbocycles. The Morgan fingerprint density at radius 3 is 2.59 bits per heavy atom. The van der Waals surface area contributed by atoms with Gasteiger partial charge in [-0.3, -0.25) is 19.4 Å². The number of H-pyrrole nitrogens is 1. The van der Waals surface area contributed by atoms with Gasteiger partial charge in [0.2, 0.25) is 5.91 Å². The minimum atomic E-state index is -0.459. The average Bonchev–Trinajstić information content (AvgIpc) is 3.16. The molecule has 10 heteroatoms. The third-order valence-electron chi connectivity index (χ3n) is 6.10. The Balaban J connectivity index is 1.34. The van der Waals surface area contributed by atoms with Crippen LogP contribution < -0.4 is 10.9 Å². The van der Waals surface area contributed by atoms with Gasteiger partial charge in [-0.15, -0.1) is 11.3 Å². The Labute approximate surface area is 201 Å². The molecule has 1 amide bonds. The fourth-order valence-electron chi connectivity index (χ4n) is 4.21. The Kier molecular flexibility index (Phi) is 7.40. The first kappa shape index (κ1) is 24.1. The predicted molar refractivity (Wildman–Crippen MR) is 132 cm³/mol. The first-order valence-corrected chi connectivity index (χ1v) is 12.1. The Morgan fingerprint density at radius 2 is 1.88 bits per heavy atom. The highest BCUT2D eigenvalue weighted by atomic mass is 32.1. The molecule has 3 aromatic rings. The van der Waals surface area contributed by atoms with Crippen molar-refractivity contribution in [2.45, 2.75) is 26.8 Å². The van der Waals surface area contributed by atoms with Crippen molar-refractivity contribution in [2.75, 3.05) is 45.2 Å². The lowest BCUT2D eigenvalue weighted by molar-refractivity contribution is -0.117. The summed E-state index contributed by atoms with van der Waals surface area (Å²) in [6.45, 7) is 7.67. The van der Waals surface area contributed by atoms with Gasteiger partial charge in [0.25, 0.3) is 5.56 Å². The van der Waals surface area contributed by atoms with Crippen LogP contribution in [0.3, 0.4) is 0 Å². The Hall–Kier alpha value is -3.08. The number of anilines is 1. The van der Waals surface area contributed by atoms with Crippen molar-refractivity contribution in [3.63, 3.8) is 0 Å². The number of rotatable bonds is 7. The van der Waals surface area contributed by atoms with Crippen molar-refractivity contribution in [1.82, 2.24) is 19.8 Å². The number of aryl methyl sites for hydroxylation is 2. The van der Waals surface area contributed by atoms with Gasteiger partial charge in [-0.05, 0) is 30.5 Å². The summed E-state index contributed by atoms with van der Waals surface area (Å²) in [6.07, 6.45) is 0.867. The molecule has 1 aromatic carbocycles. The molecule has 1 fully saturated rings. The quantitative estimate of drug-likeness (QED) is 0.497. The lowest BCUT2D eigenvalue weighted by atomic mass is 10.1. The Bertz CT molecular complexity index is 1260. The number of ether oxygens (including phenoxy) is 1. The molecule has 1 aliphatic rings. The van der Waals surface area contributed by atoms with E-state index in [1.807, 2.05) is 24.3 Å². The molecule has 2 N–H and O–H groups in total. The number of piperazine rings is 1. The number of hydrogen-bond acceptors (Lipinski definition) is 8. The first-order valence-electron chi connectivity index (χ1n) is 11.3. The van der Waals surface area contributed by atoms with E-state index in [0.29, 0.717) is 39.6 Å². The molecule has 0 spiro atoms. The maximum atomic E-state index is 12.6. The maximum Gasteiger partial charge on any atom is 0.348 e. The van der Waals surface area contributed by atoms with Crippen LogP contribution in [0.4, 0.5) is 5.69 Å². The molecule has 0 atom stereocenters. The van der Waals surface area contributed by atoms with Crippen LogP contribution in [0.5, 0.6) is 0 Å². The van der Waals surface area contributed by atoms with Crippen LogP contribution in [0.25, 0.3) is 10.2 Å². The van der Waals surface area contributed by atoms with E-state index in [1.54, 1.807) is 6.92 Å². The van der Waals surface area contributed by atoms with Crippen LogP contribution in [0.15, 0.2) is 29.1 Å². The van der Waals surface area contributed by atoms with Crippen LogP contribution in [0, 0.1) is 6.92 Å². The second-order valence-electron chi connectivity index (χ2n) is 8.35. The number of methoxy groups -OCH3 is 1. The highest BCUT2D eigenvalue weighted by Crippen LogP contribution is 2.27. The lowest BCUT2D eigenvalue weighted by Gasteiger charge is -2.33. The van der Waals surface area contributed by atoms with Gasteiger partial charge in [0.15, 0.2) is 0 Å². The fraction of sp³-hybridized carbons (Fsp3) is 0.417. The first-order chi connectivity index (χ1) is 16.4. The summed E-state index contributed by atoms with van der Waals surface area (Å²) in [6, 6.07) is 7.86. The third-order valence-corrected chi connectivity index (χ3v) is 7.26. The predicted octanol–water partition coefficient (Wildman–Crippen LogP) is 2.40. The van der Waals surface area contributed by atoms with E-state index >= 15 is 0 Å². The molecule has 0 radical (unpaired) electrons. The molecule has 0 bridgehead atoms. The summed E-state index contributed by atoms with van der Waals surface area (Å²) in [5, 5.41) is 3.47. The van der Waals surface area contributed by atoms with Crippen molar-refractivity contribution in [3.8, 4) is 0 Å². The molecule has 0 aliphatic carbocycles. The standard InChI is InChI=1S/C24H29N5O4S/c1-4-16-7-5-6-8-17(16)25-19(30)14-29-11-9-28(10-12-29)13-18-26-22(31)20-15(2)21(24(32)33-3)34-23(20)27-18/h5-8H,4,9-14H2,1-3H3,(H,25,30)(H,26,27,31). The molecule has 0 unspecified atom stereocenters. The van der Waals surface area contributed by atoms with Crippen LogP contribution in [0.1, 0.15) is 33.5 Å². The van der Waals surface area contributed by atoms with Crippen LogP contribution in [0.2, 0.25) is 0 Å². The highest BCUT2D eigenvalue weighted by Gasteiger charge is 2.22. The maximum absolute atomic E-state index is 12.6. The van der Waals surface area contributed by atoms with E-state index in [9.17, 15) is 14.4 Å². The van der Waals surface area contributed by atoms with Gasteiger partial charge in [-0.25, -0.2) is 9.78 Å². The average molecular weight is 484 g/mol. The van der Waals surface area contributed by atoms with E-state index in [4.69, 9.17) is 4.74 Å². The summed E-state index contributed by atoms with van der Waals surface area (Å²) in [5.41, 5.74) is 2.35. The number of esters is 1. The number of nitrogens with zero attached hydrogens (tertiary/aromatic N) is 3. The van der Waals surface area contributed by atoms with E-state index in [1.165, 1.54) is 18.4 Å². The largest absolute Gasteiger partial charge is 0.465 e. The SMILES string of the molecule is CCc1ccccc1NC(=O)CN1CCN(Cc2nc3sc(C(=O)OC)c(C)c3c(=O)[nH]2)CC1. The van der Waals surface area contributed by atoms with Crippen molar-refractivity contribution in [2.24, 2.45) is 0 Å². The number of para-hydroxylation sites is 1. The van der Waals surface area contributed by atoms with Crippen molar-refractivity contribution in [1.29, 1.82) is 0 Å². The van der Waals surface area contributed by atoms with Crippen LogP contribution in [-0.2, 0) is 22.5 Å². The van der Waals surface area contributed by atoms with E-state index < -0.39 is 5.97 Å². The molecule has 3 heterocycles. The smallest absolute Gasteiger partial charge is 0.348 e. The minimum Gasteiger partial charge on any atom is -0.465 e. The molecule has 34 heavy (non-hydrogen) atoms. The normalized spacial score (nSPS) is 14.9. The van der Waals surface area contributed by atoms with Gasteiger partial charge in [0.1, 0.15) is 15.5 Å². The second-order valence-corrected chi connectivity index (χ2v) is 9.35. The number of nitrogens with one attached hydrogen (secondary N) is 2. The van der Waals surface area contributed by atoms with Crippen LogP contribution >= 0.6 is 11.3 Å². The summed E-state index contributed by atoms with van der Waals surface area (Å²) in [5.74, 6) is 0.0950. The number of amides is 1. The third kappa shape index (κ3) is 5.19. The Morgan fingerprint density at radius 1 is 1.18 bits per heavy atom. The molecule has 1 aliphatic heterocycles. The number of fused-ring (bicyclic) bond motifs is 1. The number of thiophene rings is 1. The minimum absolute atomic E-state index is 0.0136. The van der Waals surface area contributed by atoms with Crippen LogP contribution in [-0.4, -0.2) is 71.5 Å². The van der Waals surface area contributed by atoms with Gasteiger partial charge in [-0.2, -0.15) is 0 Å². The molecule has 9 nitrogen and oxygen atoms in total. The zero-order chi connectivity index (χ0) is 24.2. The van der Waals surface area contributed by atoms with Gasteiger partial charge < -0.3 is 15.0 Å². The molecule has 4 rings (SSSR count). The lowest BCUT2D eigenvalue weighted by Crippen LogP contribution is -2.48.